The lowest BCUT2D eigenvalue weighted by atomic mass is 10.1. The average Bonchev–Trinajstić information content (AvgIpc) is 2.91. The van der Waals surface area contributed by atoms with Crippen molar-refractivity contribution in [3.05, 3.63) is 94.5 Å². The molecule has 0 saturated heterocycles. The minimum atomic E-state index is -4.13. The standard InChI is InChI=1S/C30H36ClN3O4S/c1-5-6-19-32-30(36)24(4)33(20-25-11-7-22(2)8-12-25)29(35)21-34(27-15-9-23(3)10-16-27)39(37,38)28-17-13-26(31)14-18-28/h7-18,24H,5-6,19-21H2,1-4H3,(H,32,36)/t24-/m0/s1. The van der Waals surface area contributed by atoms with E-state index in [1.165, 1.54) is 29.2 Å². The van der Waals surface area contributed by atoms with Crippen molar-refractivity contribution in [2.45, 2.75) is 58.0 Å². The van der Waals surface area contributed by atoms with Gasteiger partial charge in [0.1, 0.15) is 12.6 Å². The molecule has 1 N–H and O–H groups in total. The van der Waals surface area contributed by atoms with Gasteiger partial charge in [0.2, 0.25) is 11.8 Å². The van der Waals surface area contributed by atoms with Gasteiger partial charge in [0, 0.05) is 18.1 Å². The fourth-order valence-corrected chi connectivity index (χ4v) is 5.52. The molecule has 3 rings (SSSR count). The largest absolute Gasteiger partial charge is 0.354 e. The second-order valence-electron chi connectivity index (χ2n) is 9.63. The second kappa shape index (κ2) is 13.6. The summed E-state index contributed by atoms with van der Waals surface area (Å²) >= 11 is 5.99. The maximum Gasteiger partial charge on any atom is 0.264 e. The topological polar surface area (TPSA) is 86.8 Å². The van der Waals surface area contributed by atoms with Crippen molar-refractivity contribution in [3.63, 3.8) is 0 Å². The van der Waals surface area contributed by atoms with Crippen LogP contribution in [0.15, 0.2) is 77.7 Å². The molecule has 39 heavy (non-hydrogen) atoms. The lowest BCUT2D eigenvalue weighted by Gasteiger charge is -2.32. The fraction of sp³-hybridized carbons (Fsp3) is 0.333. The van der Waals surface area contributed by atoms with Gasteiger partial charge in [0.15, 0.2) is 0 Å². The van der Waals surface area contributed by atoms with Crippen LogP contribution in [0.5, 0.6) is 0 Å². The Labute approximate surface area is 236 Å². The first-order valence-corrected chi connectivity index (χ1v) is 14.8. The van der Waals surface area contributed by atoms with E-state index < -0.39 is 28.5 Å². The molecule has 0 aromatic heterocycles. The number of anilines is 1. The summed E-state index contributed by atoms with van der Waals surface area (Å²) < 4.78 is 28.7. The van der Waals surface area contributed by atoms with Crippen LogP contribution >= 0.6 is 11.6 Å². The van der Waals surface area contributed by atoms with Crippen LogP contribution in [0.4, 0.5) is 5.69 Å². The highest BCUT2D eigenvalue weighted by atomic mass is 35.5. The first kappa shape index (κ1) is 30.2. The van der Waals surface area contributed by atoms with Gasteiger partial charge in [-0.2, -0.15) is 0 Å². The summed E-state index contributed by atoms with van der Waals surface area (Å²) in [5.41, 5.74) is 3.21. The molecule has 3 aromatic rings. The number of sulfonamides is 1. The van der Waals surface area contributed by atoms with Gasteiger partial charge in [0.05, 0.1) is 10.6 Å². The van der Waals surface area contributed by atoms with Crippen molar-refractivity contribution in [2.24, 2.45) is 0 Å². The predicted molar refractivity (Wildman–Crippen MR) is 156 cm³/mol. The SMILES string of the molecule is CCCCNC(=O)[C@H](C)N(Cc1ccc(C)cc1)C(=O)CN(c1ccc(C)cc1)S(=O)(=O)c1ccc(Cl)cc1. The maximum absolute atomic E-state index is 13.9. The van der Waals surface area contributed by atoms with E-state index >= 15 is 0 Å². The van der Waals surface area contributed by atoms with Gasteiger partial charge < -0.3 is 10.2 Å². The fourth-order valence-electron chi connectivity index (χ4n) is 3.98. The van der Waals surface area contributed by atoms with Crippen molar-refractivity contribution >= 4 is 39.1 Å². The van der Waals surface area contributed by atoms with Crippen LogP contribution in [0.3, 0.4) is 0 Å². The molecular formula is C30H36ClN3O4S. The smallest absolute Gasteiger partial charge is 0.264 e. The number of nitrogens with one attached hydrogen (secondary N) is 1. The molecule has 7 nitrogen and oxygen atoms in total. The van der Waals surface area contributed by atoms with Crippen LogP contribution in [0, 0.1) is 13.8 Å². The van der Waals surface area contributed by atoms with E-state index in [1.54, 1.807) is 31.2 Å². The predicted octanol–water partition coefficient (Wildman–Crippen LogP) is 5.49. The Kier molecular flexibility index (Phi) is 10.5. The zero-order valence-electron chi connectivity index (χ0n) is 22.9. The number of hydrogen-bond acceptors (Lipinski definition) is 4. The number of amides is 2. The van der Waals surface area contributed by atoms with Gasteiger partial charge in [-0.1, -0.05) is 72.5 Å². The molecule has 0 heterocycles. The molecule has 0 spiro atoms. The molecule has 0 aliphatic carbocycles. The molecule has 0 unspecified atom stereocenters. The minimum absolute atomic E-state index is 0.00992. The molecular weight excluding hydrogens is 534 g/mol. The molecule has 3 aromatic carbocycles. The van der Waals surface area contributed by atoms with E-state index in [2.05, 4.69) is 5.32 Å². The van der Waals surface area contributed by atoms with Gasteiger partial charge in [-0.15, -0.1) is 0 Å². The van der Waals surface area contributed by atoms with Crippen LogP contribution < -0.4 is 9.62 Å². The lowest BCUT2D eigenvalue weighted by molar-refractivity contribution is -0.139. The molecule has 0 fully saturated rings. The van der Waals surface area contributed by atoms with E-state index in [4.69, 9.17) is 11.6 Å². The average molecular weight is 570 g/mol. The Morgan fingerprint density at radius 3 is 2.03 bits per heavy atom. The van der Waals surface area contributed by atoms with Crippen molar-refractivity contribution in [1.29, 1.82) is 0 Å². The van der Waals surface area contributed by atoms with E-state index in [9.17, 15) is 18.0 Å². The number of hydrogen-bond donors (Lipinski definition) is 1. The summed E-state index contributed by atoms with van der Waals surface area (Å²) in [5.74, 6) is -0.779. The van der Waals surface area contributed by atoms with Crippen LogP contribution in [0.2, 0.25) is 5.02 Å². The highest BCUT2D eigenvalue weighted by Gasteiger charge is 2.32. The molecule has 0 bridgehead atoms. The van der Waals surface area contributed by atoms with Crippen LogP contribution in [0.1, 0.15) is 43.4 Å². The highest BCUT2D eigenvalue weighted by Crippen LogP contribution is 2.26. The third-order valence-electron chi connectivity index (χ3n) is 6.47. The Morgan fingerprint density at radius 1 is 0.897 bits per heavy atom. The van der Waals surface area contributed by atoms with Crippen molar-refractivity contribution < 1.29 is 18.0 Å². The van der Waals surface area contributed by atoms with Gasteiger partial charge in [0.25, 0.3) is 10.0 Å². The first-order valence-electron chi connectivity index (χ1n) is 13.0. The van der Waals surface area contributed by atoms with Crippen LogP contribution in [0.25, 0.3) is 0 Å². The zero-order chi connectivity index (χ0) is 28.6. The second-order valence-corrected chi connectivity index (χ2v) is 11.9. The van der Waals surface area contributed by atoms with E-state index in [1.807, 2.05) is 45.0 Å². The number of benzene rings is 3. The normalized spacial score (nSPS) is 12.0. The number of unbranched alkanes of at least 4 members (excludes halogenated alkanes) is 1. The maximum atomic E-state index is 13.9. The minimum Gasteiger partial charge on any atom is -0.354 e. The zero-order valence-corrected chi connectivity index (χ0v) is 24.4. The molecule has 0 saturated carbocycles. The Balaban J connectivity index is 1.98. The number of nitrogens with zero attached hydrogens (tertiary/aromatic N) is 2. The third-order valence-corrected chi connectivity index (χ3v) is 8.51. The molecule has 0 aliphatic rings. The summed E-state index contributed by atoms with van der Waals surface area (Å²) in [5, 5.41) is 3.29. The van der Waals surface area contributed by atoms with Gasteiger partial charge in [-0.25, -0.2) is 8.42 Å². The Hall–Kier alpha value is -3.36. The third kappa shape index (κ3) is 8.07. The lowest BCUT2D eigenvalue weighted by Crippen LogP contribution is -2.51. The molecule has 9 heteroatoms. The van der Waals surface area contributed by atoms with Crippen molar-refractivity contribution in [1.82, 2.24) is 10.2 Å². The molecule has 0 radical (unpaired) electrons. The van der Waals surface area contributed by atoms with Crippen molar-refractivity contribution in [2.75, 3.05) is 17.4 Å². The molecule has 0 aliphatic heterocycles. The van der Waals surface area contributed by atoms with E-state index in [0.717, 1.165) is 33.8 Å². The van der Waals surface area contributed by atoms with Crippen LogP contribution in [-0.2, 0) is 26.2 Å². The monoisotopic (exact) mass is 569 g/mol. The number of rotatable bonds is 12. The van der Waals surface area contributed by atoms with E-state index in [0.29, 0.717) is 17.3 Å². The first-order chi connectivity index (χ1) is 18.5. The highest BCUT2D eigenvalue weighted by molar-refractivity contribution is 7.92. The number of carbonyl (C=O) groups is 2. The van der Waals surface area contributed by atoms with E-state index in [-0.39, 0.29) is 17.3 Å². The van der Waals surface area contributed by atoms with Gasteiger partial charge in [-0.3, -0.25) is 13.9 Å². The summed E-state index contributed by atoms with van der Waals surface area (Å²) in [7, 11) is -4.13. The molecule has 2 amide bonds. The quantitative estimate of drug-likeness (QED) is 0.292. The Morgan fingerprint density at radius 2 is 1.46 bits per heavy atom. The van der Waals surface area contributed by atoms with Crippen molar-refractivity contribution in [3.8, 4) is 0 Å². The van der Waals surface area contributed by atoms with Gasteiger partial charge in [-0.05, 0) is 69.2 Å². The number of carbonyl (C=O) groups excluding carboxylic acids is 2. The summed E-state index contributed by atoms with van der Waals surface area (Å²) in [6.07, 6.45) is 1.75. The number of aryl methyl sites for hydroxylation is 2. The summed E-state index contributed by atoms with van der Waals surface area (Å²) in [4.78, 5) is 28.3. The number of halogens is 1. The summed E-state index contributed by atoms with van der Waals surface area (Å²) in [6.45, 7) is 7.75. The Bertz CT molecular complexity index is 1360. The molecule has 1 atom stereocenters. The van der Waals surface area contributed by atoms with Gasteiger partial charge >= 0.3 is 0 Å². The summed E-state index contributed by atoms with van der Waals surface area (Å²) in [6, 6.07) is 19.6. The molecule has 208 valence electrons. The van der Waals surface area contributed by atoms with Crippen LogP contribution in [-0.4, -0.2) is 44.3 Å².